The van der Waals surface area contributed by atoms with E-state index in [1.807, 2.05) is 18.4 Å². The van der Waals surface area contributed by atoms with Crippen LogP contribution < -0.4 is 0 Å². The van der Waals surface area contributed by atoms with Crippen LogP contribution in [0.3, 0.4) is 0 Å². The second-order valence-electron chi connectivity index (χ2n) is 4.55. The number of aromatic nitrogens is 3. The fraction of sp³-hybridized carbons (Fsp3) is 0.800. The molecule has 86 valence electrons. The number of ether oxygens (including phenoxy) is 1. The van der Waals surface area contributed by atoms with Crippen LogP contribution in [0.4, 0.5) is 0 Å². The molecule has 1 heterocycles. The quantitative estimate of drug-likeness (QED) is 0.807. The number of hydrogen-bond donors (Lipinski definition) is 1. The van der Waals surface area contributed by atoms with Crippen molar-refractivity contribution in [1.29, 1.82) is 0 Å². The van der Waals surface area contributed by atoms with Crippen LogP contribution >= 0.6 is 12.2 Å². The van der Waals surface area contributed by atoms with Crippen molar-refractivity contribution in [3.63, 3.8) is 0 Å². The van der Waals surface area contributed by atoms with Gasteiger partial charge in [-0.05, 0) is 39.9 Å². The molecule has 15 heavy (non-hydrogen) atoms. The van der Waals surface area contributed by atoms with E-state index in [9.17, 15) is 0 Å². The maximum Gasteiger partial charge on any atom is 0.195 e. The molecule has 0 fully saturated rings. The van der Waals surface area contributed by atoms with Crippen LogP contribution in [0.5, 0.6) is 0 Å². The van der Waals surface area contributed by atoms with Crippen molar-refractivity contribution in [2.75, 3.05) is 7.11 Å². The summed E-state index contributed by atoms with van der Waals surface area (Å²) in [5.41, 5.74) is -0.215. The molecule has 1 rings (SSSR count). The average Bonchev–Trinajstić information content (AvgIpc) is 2.46. The molecule has 5 heteroatoms. The van der Waals surface area contributed by atoms with Crippen molar-refractivity contribution in [2.45, 2.75) is 45.8 Å². The number of rotatable bonds is 4. The van der Waals surface area contributed by atoms with Gasteiger partial charge in [0.1, 0.15) is 5.82 Å². The van der Waals surface area contributed by atoms with Gasteiger partial charge in [0.25, 0.3) is 0 Å². The number of H-pyrrole nitrogens is 1. The van der Waals surface area contributed by atoms with Crippen LogP contribution in [0, 0.1) is 4.77 Å². The first-order valence-corrected chi connectivity index (χ1v) is 5.49. The molecule has 1 aromatic heterocycles. The van der Waals surface area contributed by atoms with Gasteiger partial charge in [-0.3, -0.25) is 5.10 Å². The van der Waals surface area contributed by atoms with Crippen LogP contribution in [0.25, 0.3) is 0 Å². The summed E-state index contributed by atoms with van der Waals surface area (Å²) in [6, 6.07) is 0.318. The van der Waals surface area contributed by atoms with Gasteiger partial charge in [0, 0.05) is 19.6 Å². The number of methoxy groups -OCH3 is 1. The molecular weight excluding hydrogens is 210 g/mol. The number of hydrogen-bond acceptors (Lipinski definition) is 3. The third-order valence-electron chi connectivity index (χ3n) is 2.43. The van der Waals surface area contributed by atoms with Gasteiger partial charge in [0.05, 0.1) is 5.60 Å². The first-order valence-electron chi connectivity index (χ1n) is 5.08. The second-order valence-corrected chi connectivity index (χ2v) is 4.94. The maximum atomic E-state index is 5.38. The van der Waals surface area contributed by atoms with E-state index >= 15 is 0 Å². The van der Waals surface area contributed by atoms with Crippen molar-refractivity contribution < 1.29 is 4.74 Å². The van der Waals surface area contributed by atoms with E-state index in [2.05, 4.69) is 24.0 Å². The standard InChI is InChI=1S/C10H19N3OS/c1-7(2)13-8(11-12-9(13)15)6-10(3,4)14-5/h7H,6H2,1-5H3,(H,12,15). The third kappa shape index (κ3) is 2.89. The van der Waals surface area contributed by atoms with Gasteiger partial charge in [0.15, 0.2) is 4.77 Å². The summed E-state index contributed by atoms with van der Waals surface area (Å²) >= 11 is 5.18. The Balaban J connectivity index is 3.01. The molecule has 0 aliphatic carbocycles. The van der Waals surface area contributed by atoms with Crippen LogP contribution in [0.1, 0.15) is 39.6 Å². The van der Waals surface area contributed by atoms with Crippen molar-refractivity contribution in [3.8, 4) is 0 Å². The number of nitrogens with zero attached hydrogens (tertiary/aromatic N) is 2. The summed E-state index contributed by atoms with van der Waals surface area (Å²) in [6.07, 6.45) is 0.745. The van der Waals surface area contributed by atoms with Gasteiger partial charge in [-0.2, -0.15) is 5.10 Å². The fourth-order valence-electron chi connectivity index (χ4n) is 1.45. The molecule has 0 atom stereocenters. The highest BCUT2D eigenvalue weighted by molar-refractivity contribution is 7.71. The summed E-state index contributed by atoms with van der Waals surface area (Å²) in [4.78, 5) is 0. The van der Waals surface area contributed by atoms with E-state index in [0.29, 0.717) is 10.8 Å². The third-order valence-corrected chi connectivity index (χ3v) is 2.72. The molecule has 0 aliphatic heterocycles. The summed E-state index contributed by atoms with van der Waals surface area (Å²) in [6.45, 7) is 8.26. The van der Waals surface area contributed by atoms with Gasteiger partial charge >= 0.3 is 0 Å². The lowest BCUT2D eigenvalue weighted by molar-refractivity contribution is 0.0206. The minimum absolute atomic E-state index is 0.215. The smallest absolute Gasteiger partial charge is 0.195 e. The van der Waals surface area contributed by atoms with Crippen LogP contribution in [-0.2, 0) is 11.2 Å². The van der Waals surface area contributed by atoms with Crippen molar-refractivity contribution >= 4 is 12.2 Å². The van der Waals surface area contributed by atoms with Crippen LogP contribution in [-0.4, -0.2) is 27.5 Å². The van der Waals surface area contributed by atoms with E-state index in [1.54, 1.807) is 7.11 Å². The summed E-state index contributed by atoms with van der Waals surface area (Å²) in [5.74, 6) is 0.946. The first kappa shape index (κ1) is 12.4. The molecule has 0 bridgehead atoms. The van der Waals surface area contributed by atoms with Crippen LogP contribution in [0.15, 0.2) is 0 Å². The Kier molecular flexibility index (Phi) is 3.67. The zero-order valence-electron chi connectivity index (χ0n) is 10.00. The molecule has 0 unspecified atom stereocenters. The van der Waals surface area contributed by atoms with E-state index in [1.165, 1.54) is 0 Å². The molecule has 0 spiro atoms. The minimum atomic E-state index is -0.215. The zero-order valence-corrected chi connectivity index (χ0v) is 10.8. The summed E-state index contributed by atoms with van der Waals surface area (Å²) in [5, 5.41) is 7.06. The molecule has 0 aliphatic rings. The monoisotopic (exact) mass is 229 g/mol. The molecule has 0 radical (unpaired) electrons. The Morgan fingerprint density at radius 1 is 1.53 bits per heavy atom. The van der Waals surface area contributed by atoms with E-state index in [4.69, 9.17) is 17.0 Å². The summed E-state index contributed by atoms with van der Waals surface area (Å²) in [7, 11) is 1.71. The Hall–Kier alpha value is -0.680. The van der Waals surface area contributed by atoms with E-state index < -0.39 is 0 Å². The number of nitrogens with one attached hydrogen (secondary N) is 1. The topological polar surface area (TPSA) is 42.8 Å². The largest absolute Gasteiger partial charge is 0.378 e. The van der Waals surface area contributed by atoms with Crippen LogP contribution in [0.2, 0.25) is 0 Å². The molecule has 0 amide bonds. The molecule has 0 saturated carbocycles. The molecule has 1 aromatic rings. The Morgan fingerprint density at radius 3 is 2.60 bits per heavy atom. The van der Waals surface area contributed by atoms with Gasteiger partial charge in [-0.15, -0.1) is 0 Å². The lowest BCUT2D eigenvalue weighted by atomic mass is 10.0. The number of aromatic amines is 1. The summed E-state index contributed by atoms with van der Waals surface area (Å²) < 4.78 is 8.08. The zero-order chi connectivity index (χ0) is 11.6. The van der Waals surface area contributed by atoms with E-state index in [-0.39, 0.29) is 5.60 Å². The van der Waals surface area contributed by atoms with Gasteiger partial charge in [-0.25, -0.2) is 0 Å². The lowest BCUT2D eigenvalue weighted by Gasteiger charge is -2.23. The Bertz CT molecular complexity index is 378. The predicted molar refractivity (Wildman–Crippen MR) is 62.6 cm³/mol. The van der Waals surface area contributed by atoms with Crippen molar-refractivity contribution in [2.24, 2.45) is 0 Å². The molecule has 0 aromatic carbocycles. The van der Waals surface area contributed by atoms with Gasteiger partial charge in [-0.1, -0.05) is 0 Å². The molecule has 4 nitrogen and oxygen atoms in total. The van der Waals surface area contributed by atoms with Gasteiger partial charge in [0.2, 0.25) is 0 Å². The first-order chi connectivity index (χ1) is 6.87. The predicted octanol–water partition coefficient (Wildman–Crippen LogP) is 2.49. The Labute approximate surface area is 95.7 Å². The highest BCUT2D eigenvalue weighted by Gasteiger charge is 2.21. The van der Waals surface area contributed by atoms with Crippen molar-refractivity contribution in [1.82, 2.24) is 14.8 Å². The maximum absolute atomic E-state index is 5.38. The van der Waals surface area contributed by atoms with Crippen molar-refractivity contribution in [3.05, 3.63) is 10.6 Å². The normalized spacial score (nSPS) is 12.4. The second kappa shape index (κ2) is 4.45. The molecular formula is C10H19N3OS. The molecule has 1 N–H and O–H groups in total. The lowest BCUT2D eigenvalue weighted by Crippen LogP contribution is -2.27. The molecule has 0 saturated heterocycles. The Morgan fingerprint density at radius 2 is 2.13 bits per heavy atom. The highest BCUT2D eigenvalue weighted by atomic mass is 32.1. The SMILES string of the molecule is COC(C)(C)Cc1n[nH]c(=S)n1C(C)C. The average molecular weight is 229 g/mol. The van der Waals surface area contributed by atoms with Gasteiger partial charge < -0.3 is 9.30 Å². The highest BCUT2D eigenvalue weighted by Crippen LogP contribution is 2.17. The minimum Gasteiger partial charge on any atom is -0.378 e. The fourth-order valence-corrected chi connectivity index (χ4v) is 1.81. The van der Waals surface area contributed by atoms with E-state index in [0.717, 1.165) is 12.2 Å².